The van der Waals surface area contributed by atoms with Crippen molar-refractivity contribution >= 4 is 5.69 Å². The third kappa shape index (κ3) is 3.70. The predicted molar refractivity (Wildman–Crippen MR) is 69.8 cm³/mol. The second-order valence-electron chi connectivity index (χ2n) is 4.22. The van der Waals surface area contributed by atoms with Gasteiger partial charge in [-0.05, 0) is 37.0 Å². The van der Waals surface area contributed by atoms with Gasteiger partial charge in [0.1, 0.15) is 0 Å². The molecule has 0 radical (unpaired) electrons. The Hall–Kier alpha value is -1.28. The summed E-state index contributed by atoms with van der Waals surface area (Å²) in [5.41, 5.74) is 2.15. The summed E-state index contributed by atoms with van der Waals surface area (Å²) in [5.74, 6) is 0. The maximum atomic E-state index is 9.93. The van der Waals surface area contributed by atoms with Crippen molar-refractivity contribution in [2.75, 3.05) is 19.0 Å². The molecule has 0 saturated heterocycles. The Morgan fingerprint density at radius 2 is 1.94 bits per heavy atom. The number of anilines is 1. The van der Waals surface area contributed by atoms with Gasteiger partial charge in [0.2, 0.25) is 0 Å². The van der Waals surface area contributed by atoms with Gasteiger partial charge >= 0.3 is 0 Å². The zero-order valence-corrected chi connectivity index (χ0v) is 10.2. The fourth-order valence-electron chi connectivity index (χ4n) is 1.62. The van der Waals surface area contributed by atoms with Gasteiger partial charge in [-0.25, -0.2) is 0 Å². The predicted octanol–water partition coefficient (Wildman–Crippen LogP) is 3.14. The highest BCUT2D eigenvalue weighted by Crippen LogP contribution is 2.21. The molecule has 0 aromatic heterocycles. The van der Waals surface area contributed by atoms with E-state index in [4.69, 9.17) is 0 Å². The third-order valence-electron chi connectivity index (χ3n) is 2.68. The first-order valence-electron chi connectivity index (χ1n) is 5.71. The number of aliphatic hydroxyl groups is 1. The number of nitrogens with zero attached hydrogens (tertiary/aromatic N) is 1. The van der Waals surface area contributed by atoms with Crippen molar-refractivity contribution in [1.29, 1.82) is 0 Å². The normalized spacial score (nSPS) is 12.2. The number of benzene rings is 1. The van der Waals surface area contributed by atoms with E-state index in [-0.39, 0.29) is 6.10 Å². The number of hydrogen-bond acceptors (Lipinski definition) is 2. The van der Waals surface area contributed by atoms with Gasteiger partial charge in [0.25, 0.3) is 0 Å². The number of rotatable bonds is 6. The van der Waals surface area contributed by atoms with Crippen molar-refractivity contribution in [2.24, 2.45) is 0 Å². The Labute approximate surface area is 98.2 Å². The van der Waals surface area contributed by atoms with Crippen LogP contribution in [-0.4, -0.2) is 19.2 Å². The van der Waals surface area contributed by atoms with Gasteiger partial charge in [0.05, 0.1) is 6.10 Å². The standard InChI is InChI=1S/C14H21NO/c1-4-5-6-7-14(16)12-8-10-13(11-9-12)15(2)3/h4,8-11,14,16H,1,5-7H2,2-3H3. The summed E-state index contributed by atoms with van der Waals surface area (Å²) in [6.07, 6.45) is 4.29. The molecule has 0 amide bonds. The van der Waals surface area contributed by atoms with Crippen LogP contribution in [-0.2, 0) is 0 Å². The van der Waals surface area contributed by atoms with Crippen LogP contribution in [0.2, 0.25) is 0 Å². The monoisotopic (exact) mass is 219 g/mol. The van der Waals surface area contributed by atoms with Gasteiger partial charge in [-0.1, -0.05) is 18.2 Å². The second kappa shape index (κ2) is 6.33. The van der Waals surface area contributed by atoms with Crippen molar-refractivity contribution in [3.05, 3.63) is 42.5 Å². The lowest BCUT2D eigenvalue weighted by molar-refractivity contribution is 0.165. The first kappa shape index (κ1) is 12.8. The van der Waals surface area contributed by atoms with Crippen LogP contribution in [0.1, 0.15) is 30.9 Å². The summed E-state index contributed by atoms with van der Waals surface area (Å²) in [7, 11) is 4.02. The lowest BCUT2D eigenvalue weighted by atomic mass is 10.0. The topological polar surface area (TPSA) is 23.5 Å². The van der Waals surface area contributed by atoms with Crippen molar-refractivity contribution in [2.45, 2.75) is 25.4 Å². The Balaban J connectivity index is 2.55. The average Bonchev–Trinajstić information content (AvgIpc) is 2.29. The van der Waals surface area contributed by atoms with Gasteiger partial charge in [0, 0.05) is 19.8 Å². The molecule has 2 heteroatoms. The Kier molecular flexibility index (Phi) is 5.06. The average molecular weight is 219 g/mol. The molecule has 0 heterocycles. The van der Waals surface area contributed by atoms with Crippen LogP contribution >= 0.6 is 0 Å². The fourth-order valence-corrected chi connectivity index (χ4v) is 1.62. The van der Waals surface area contributed by atoms with Gasteiger partial charge in [-0.15, -0.1) is 6.58 Å². The molecular weight excluding hydrogens is 198 g/mol. The summed E-state index contributed by atoms with van der Waals surface area (Å²) in [6.45, 7) is 3.67. The number of aliphatic hydroxyl groups excluding tert-OH is 1. The number of allylic oxidation sites excluding steroid dienone is 1. The molecule has 0 aliphatic rings. The molecule has 0 saturated carbocycles. The molecule has 88 valence electrons. The third-order valence-corrected chi connectivity index (χ3v) is 2.68. The highest BCUT2D eigenvalue weighted by molar-refractivity contribution is 5.46. The maximum Gasteiger partial charge on any atom is 0.0790 e. The van der Waals surface area contributed by atoms with Crippen molar-refractivity contribution < 1.29 is 5.11 Å². The van der Waals surface area contributed by atoms with Crippen LogP contribution in [0.4, 0.5) is 5.69 Å². The van der Waals surface area contributed by atoms with E-state index in [0.717, 1.165) is 30.5 Å². The molecular formula is C14H21NO. The zero-order valence-electron chi connectivity index (χ0n) is 10.2. The molecule has 1 atom stereocenters. The van der Waals surface area contributed by atoms with Gasteiger partial charge in [-0.2, -0.15) is 0 Å². The van der Waals surface area contributed by atoms with Crippen LogP contribution in [0.25, 0.3) is 0 Å². The summed E-state index contributed by atoms with van der Waals surface area (Å²) < 4.78 is 0. The van der Waals surface area contributed by atoms with Crippen molar-refractivity contribution in [1.82, 2.24) is 0 Å². The summed E-state index contributed by atoms with van der Waals surface area (Å²) in [6, 6.07) is 8.06. The molecule has 1 N–H and O–H groups in total. The van der Waals surface area contributed by atoms with E-state index in [2.05, 4.69) is 6.58 Å². The Morgan fingerprint density at radius 3 is 2.44 bits per heavy atom. The van der Waals surface area contributed by atoms with E-state index in [1.807, 2.05) is 49.3 Å². The van der Waals surface area contributed by atoms with Crippen LogP contribution in [0, 0.1) is 0 Å². The minimum atomic E-state index is -0.351. The first-order chi connectivity index (χ1) is 7.65. The molecule has 0 spiro atoms. The second-order valence-corrected chi connectivity index (χ2v) is 4.22. The van der Waals surface area contributed by atoms with E-state index in [0.29, 0.717) is 0 Å². The summed E-state index contributed by atoms with van der Waals surface area (Å²) in [4.78, 5) is 2.05. The van der Waals surface area contributed by atoms with E-state index >= 15 is 0 Å². The van der Waals surface area contributed by atoms with E-state index in [1.54, 1.807) is 0 Å². The molecule has 0 bridgehead atoms. The molecule has 1 unspecified atom stereocenters. The van der Waals surface area contributed by atoms with Gasteiger partial charge < -0.3 is 10.0 Å². The minimum absolute atomic E-state index is 0.351. The molecule has 2 nitrogen and oxygen atoms in total. The first-order valence-corrected chi connectivity index (χ1v) is 5.71. The Bertz CT molecular complexity index is 316. The number of unbranched alkanes of at least 4 members (excludes halogenated alkanes) is 1. The molecule has 0 aliphatic heterocycles. The van der Waals surface area contributed by atoms with Crippen LogP contribution < -0.4 is 4.90 Å². The summed E-state index contributed by atoms with van der Waals surface area (Å²) in [5, 5.41) is 9.93. The van der Waals surface area contributed by atoms with Crippen molar-refractivity contribution in [3.8, 4) is 0 Å². The fraction of sp³-hybridized carbons (Fsp3) is 0.429. The molecule has 1 aromatic rings. The quantitative estimate of drug-likeness (QED) is 0.587. The summed E-state index contributed by atoms with van der Waals surface area (Å²) >= 11 is 0. The lowest BCUT2D eigenvalue weighted by Gasteiger charge is -2.15. The van der Waals surface area contributed by atoms with Crippen LogP contribution in [0.15, 0.2) is 36.9 Å². The highest BCUT2D eigenvalue weighted by atomic mass is 16.3. The van der Waals surface area contributed by atoms with Gasteiger partial charge in [0.15, 0.2) is 0 Å². The van der Waals surface area contributed by atoms with Gasteiger partial charge in [-0.3, -0.25) is 0 Å². The minimum Gasteiger partial charge on any atom is -0.388 e. The molecule has 1 aromatic carbocycles. The zero-order chi connectivity index (χ0) is 12.0. The Morgan fingerprint density at radius 1 is 1.31 bits per heavy atom. The molecule has 16 heavy (non-hydrogen) atoms. The molecule has 0 aliphatic carbocycles. The van der Waals surface area contributed by atoms with Crippen LogP contribution in [0.3, 0.4) is 0 Å². The molecule has 1 rings (SSSR count). The van der Waals surface area contributed by atoms with Crippen LogP contribution in [0.5, 0.6) is 0 Å². The smallest absolute Gasteiger partial charge is 0.0790 e. The lowest BCUT2D eigenvalue weighted by Crippen LogP contribution is -2.08. The van der Waals surface area contributed by atoms with E-state index in [1.165, 1.54) is 0 Å². The van der Waals surface area contributed by atoms with E-state index < -0.39 is 0 Å². The largest absolute Gasteiger partial charge is 0.388 e. The van der Waals surface area contributed by atoms with E-state index in [9.17, 15) is 5.11 Å². The number of hydrogen-bond donors (Lipinski definition) is 1. The van der Waals surface area contributed by atoms with Crippen molar-refractivity contribution in [3.63, 3.8) is 0 Å². The highest BCUT2D eigenvalue weighted by Gasteiger charge is 2.06. The molecule has 0 fully saturated rings. The maximum absolute atomic E-state index is 9.93. The SMILES string of the molecule is C=CCCCC(O)c1ccc(N(C)C)cc1.